The van der Waals surface area contributed by atoms with Crippen LogP contribution in [-0.4, -0.2) is 18.7 Å². The quantitative estimate of drug-likeness (QED) is 0.839. The zero-order valence-electron chi connectivity index (χ0n) is 10.3. The van der Waals surface area contributed by atoms with Crippen molar-refractivity contribution in [2.45, 2.75) is 44.9 Å². The molecule has 1 fully saturated rings. The van der Waals surface area contributed by atoms with Crippen molar-refractivity contribution < 1.29 is 4.74 Å². The van der Waals surface area contributed by atoms with Gasteiger partial charge in [-0.05, 0) is 43.5 Å². The second-order valence-electron chi connectivity index (χ2n) is 4.69. The molecule has 0 spiro atoms. The van der Waals surface area contributed by atoms with E-state index in [0.29, 0.717) is 18.8 Å². The molecule has 1 saturated carbocycles. The van der Waals surface area contributed by atoms with Crippen LogP contribution < -0.4 is 5.32 Å². The third-order valence-corrected chi connectivity index (χ3v) is 3.39. The van der Waals surface area contributed by atoms with Crippen LogP contribution in [0.1, 0.15) is 31.7 Å². The molecule has 0 bridgehead atoms. The standard InChI is InChI=1S/C14H20ClNO/c1-2-6-16-13-8-14(9-13)17-10-11-4-3-5-12(15)7-11/h3-5,7,13-14,16H,2,6,8-10H2,1H3. The lowest BCUT2D eigenvalue weighted by Crippen LogP contribution is -2.45. The van der Waals surface area contributed by atoms with Crippen molar-refractivity contribution in [1.29, 1.82) is 0 Å². The van der Waals surface area contributed by atoms with Gasteiger partial charge in [0.1, 0.15) is 0 Å². The normalized spacial score (nSPS) is 23.4. The van der Waals surface area contributed by atoms with Crippen molar-refractivity contribution >= 4 is 11.6 Å². The molecule has 0 aliphatic heterocycles. The van der Waals surface area contributed by atoms with Gasteiger partial charge in [-0.3, -0.25) is 0 Å². The molecule has 1 aromatic rings. The van der Waals surface area contributed by atoms with Gasteiger partial charge >= 0.3 is 0 Å². The summed E-state index contributed by atoms with van der Waals surface area (Å²) in [4.78, 5) is 0. The predicted octanol–water partition coefficient (Wildman–Crippen LogP) is 3.39. The van der Waals surface area contributed by atoms with Crippen LogP contribution in [0.3, 0.4) is 0 Å². The van der Waals surface area contributed by atoms with Gasteiger partial charge < -0.3 is 10.1 Å². The second-order valence-corrected chi connectivity index (χ2v) is 5.12. The third kappa shape index (κ3) is 3.98. The Balaban J connectivity index is 1.64. The van der Waals surface area contributed by atoms with Crippen molar-refractivity contribution in [2.75, 3.05) is 6.54 Å². The van der Waals surface area contributed by atoms with Crippen LogP contribution >= 0.6 is 11.6 Å². The molecule has 0 amide bonds. The van der Waals surface area contributed by atoms with Crippen LogP contribution in [0.25, 0.3) is 0 Å². The van der Waals surface area contributed by atoms with Crippen LogP contribution in [0.4, 0.5) is 0 Å². The molecular weight excluding hydrogens is 234 g/mol. The van der Waals surface area contributed by atoms with Gasteiger partial charge in [0.15, 0.2) is 0 Å². The van der Waals surface area contributed by atoms with Gasteiger partial charge in [-0.1, -0.05) is 30.7 Å². The monoisotopic (exact) mass is 253 g/mol. The fourth-order valence-corrected chi connectivity index (χ4v) is 2.27. The second kappa shape index (κ2) is 6.39. The van der Waals surface area contributed by atoms with Gasteiger partial charge in [0.05, 0.1) is 12.7 Å². The van der Waals surface area contributed by atoms with Crippen LogP contribution in [-0.2, 0) is 11.3 Å². The minimum absolute atomic E-state index is 0.420. The highest BCUT2D eigenvalue weighted by Crippen LogP contribution is 2.24. The van der Waals surface area contributed by atoms with Crippen LogP contribution in [0.5, 0.6) is 0 Å². The molecule has 0 saturated heterocycles. The van der Waals surface area contributed by atoms with Crippen LogP contribution in [0.2, 0.25) is 5.02 Å². The zero-order valence-corrected chi connectivity index (χ0v) is 11.0. The number of nitrogens with one attached hydrogen (secondary N) is 1. The van der Waals surface area contributed by atoms with E-state index in [9.17, 15) is 0 Å². The van der Waals surface area contributed by atoms with Gasteiger partial charge in [-0.2, -0.15) is 0 Å². The van der Waals surface area contributed by atoms with Crippen LogP contribution in [0, 0.1) is 0 Å². The lowest BCUT2D eigenvalue weighted by Gasteiger charge is -2.35. The van der Waals surface area contributed by atoms with Crippen molar-refractivity contribution in [3.63, 3.8) is 0 Å². The summed E-state index contributed by atoms with van der Waals surface area (Å²) in [7, 11) is 0. The number of benzene rings is 1. The molecular formula is C14H20ClNO. The van der Waals surface area contributed by atoms with Gasteiger partial charge in [0.25, 0.3) is 0 Å². The maximum atomic E-state index is 5.92. The van der Waals surface area contributed by atoms with E-state index < -0.39 is 0 Å². The van der Waals surface area contributed by atoms with Gasteiger partial charge in [0, 0.05) is 11.1 Å². The largest absolute Gasteiger partial charge is 0.373 e. The Hall–Kier alpha value is -0.570. The highest BCUT2D eigenvalue weighted by Gasteiger charge is 2.28. The molecule has 0 unspecified atom stereocenters. The fraction of sp³-hybridized carbons (Fsp3) is 0.571. The summed E-state index contributed by atoms with van der Waals surface area (Å²) in [6.45, 7) is 3.98. The number of rotatable bonds is 6. The first-order chi connectivity index (χ1) is 8.28. The van der Waals surface area contributed by atoms with Crippen molar-refractivity contribution in [2.24, 2.45) is 0 Å². The van der Waals surface area contributed by atoms with E-state index >= 15 is 0 Å². The summed E-state index contributed by atoms with van der Waals surface area (Å²) in [5.74, 6) is 0. The van der Waals surface area contributed by atoms with E-state index in [2.05, 4.69) is 18.3 Å². The molecule has 1 aliphatic rings. The van der Waals surface area contributed by atoms with Gasteiger partial charge in [-0.25, -0.2) is 0 Å². The maximum Gasteiger partial charge on any atom is 0.0721 e. The Bertz CT molecular complexity index is 350. The van der Waals surface area contributed by atoms with Gasteiger partial charge in [0.2, 0.25) is 0 Å². The molecule has 2 nitrogen and oxygen atoms in total. The molecule has 3 heteroatoms. The Labute approximate surface area is 108 Å². The number of hydrogen-bond donors (Lipinski definition) is 1. The van der Waals surface area contributed by atoms with Crippen LogP contribution in [0.15, 0.2) is 24.3 Å². The molecule has 0 radical (unpaired) electrons. The Morgan fingerprint density at radius 3 is 2.94 bits per heavy atom. The first-order valence-corrected chi connectivity index (χ1v) is 6.75. The summed E-state index contributed by atoms with van der Waals surface area (Å²) < 4.78 is 5.83. The molecule has 17 heavy (non-hydrogen) atoms. The van der Waals surface area contributed by atoms with Crippen molar-refractivity contribution in [3.05, 3.63) is 34.9 Å². The lowest BCUT2D eigenvalue weighted by molar-refractivity contribution is -0.0264. The fourth-order valence-electron chi connectivity index (χ4n) is 2.06. The molecule has 0 atom stereocenters. The molecule has 1 aromatic carbocycles. The minimum Gasteiger partial charge on any atom is -0.373 e. The average Bonchev–Trinajstić information content (AvgIpc) is 2.26. The Morgan fingerprint density at radius 2 is 2.24 bits per heavy atom. The first kappa shape index (κ1) is 12.9. The maximum absolute atomic E-state index is 5.92. The van der Waals surface area contributed by atoms with Gasteiger partial charge in [-0.15, -0.1) is 0 Å². The Morgan fingerprint density at radius 1 is 1.41 bits per heavy atom. The highest BCUT2D eigenvalue weighted by molar-refractivity contribution is 6.30. The zero-order chi connectivity index (χ0) is 12.1. The van der Waals surface area contributed by atoms with E-state index in [-0.39, 0.29) is 0 Å². The topological polar surface area (TPSA) is 21.3 Å². The van der Waals surface area contributed by atoms with E-state index in [1.54, 1.807) is 0 Å². The van der Waals surface area contributed by atoms with E-state index in [0.717, 1.165) is 30.0 Å². The van der Waals surface area contributed by atoms with E-state index in [1.807, 2.05) is 18.2 Å². The first-order valence-electron chi connectivity index (χ1n) is 6.37. The van der Waals surface area contributed by atoms with E-state index in [4.69, 9.17) is 16.3 Å². The predicted molar refractivity (Wildman–Crippen MR) is 71.3 cm³/mol. The van der Waals surface area contributed by atoms with Crippen molar-refractivity contribution in [3.8, 4) is 0 Å². The van der Waals surface area contributed by atoms with Crippen molar-refractivity contribution in [1.82, 2.24) is 5.32 Å². The average molecular weight is 254 g/mol. The van der Waals surface area contributed by atoms with E-state index in [1.165, 1.54) is 6.42 Å². The minimum atomic E-state index is 0.420. The molecule has 1 N–H and O–H groups in total. The summed E-state index contributed by atoms with van der Waals surface area (Å²) in [5.41, 5.74) is 1.16. The molecule has 0 aromatic heterocycles. The summed E-state index contributed by atoms with van der Waals surface area (Å²) in [6, 6.07) is 8.54. The summed E-state index contributed by atoms with van der Waals surface area (Å²) >= 11 is 5.92. The Kier molecular flexibility index (Phi) is 4.84. The lowest BCUT2D eigenvalue weighted by atomic mass is 9.89. The molecule has 0 heterocycles. The smallest absolute Gasteiger partial charge is 0.0721 e. The number of hydrogen-bond acceptors (Lipinski definition) is 2. The highest BCUT2D eigenvalue weighted by atomic mass is 35.5. The SMILES string of the molecule is CCCNC1CC(OCc2cccc(Cl)c2)C1. The third-order valence-electron chi connectivity index (χ3n) is 3.15. The number of halogens is 1. The number of ether oxygens (including phenoxy) is 1. The molecule has 2 rings (SSSR count). The molecule has 94 valence electrons. The molecule has 1 aliphatic carbocycles. The summed E-state index contributed by atoms with van der Waals surface area (Å²) in [5, 5.41) is 4.28. The summed E-state index contributed by atoms with van der Waals surface area (Å²) in [6.07, 6.45) is 3.90.